The first kappa shape index (κ1) is 14.7. The quantitative estimate of drug-likeness (QED) is 0.837. The van der Waals surface area contributed by atoms with Crippen LogP contribution in [0.2, 0.25) is 5.02 Å². The Bertz CT molecular complexity index is 687. The molecule has 1 aromatic heterocycles. The van der Waals surface area contributed by atoms with Gasteiger partial charge < -0.3 is 10.6 Å². The van der Waals surface area contributed by atoms with Crippen LogP contribution in [0.15, 0.2) is 18.2 Å². The highest BCUT2D eigenvalue weighted by atomic mass is 35.5. The lowest BCUT2D eigenvalue weighted by atomic mass is 9.97. The van der Waals surface area contributed by atoms with Crippen molar-refractivity contribution in [3.05, 3.63) is 28.1 Å². The number of thiophene rings is 1. The van der Waals surface area contributed by atoms with Gasteiger partial charge in [0.15, 0.2) is 0 Å². The van der Waals surface area contributed by atoms with E-state index < -0.39 is 0 Å². The minimum Gasteiger partial charge on any atom is -0.397 e. The molecule has 0 radical (unpaired) electrons. The number of likely N-dealkylation sites (tertiary alicyclic amines) is 1. The van der Waals surface area contributed by atoms with Crippen molar-refractivity contribution in [2.45, 2.75) is 45.2 Å². The van der Waals surface area contributed by atoms with Crippen molar-refractivity contribution in [3.8, 4) is 0 Å². The number of fused-ring (bicyclic) bond motifs is 1. The van der Waals surface area contributed by atoms with Gasteiger partial charge in [-0.1, -0.05) is 11.6 Å². The maximum Gasteiger partial charge on any atom is 0.266 e. The number of nitrogen functional groups attached to an aromatic ring is 1. The van der Waals surface area contributed by atoms with Crippen LogP contribution >= 0.6 is 22.9 Å². The fourth-order valence-corrected chi connectivity index (χ4v) is 4.53. The molecular weight excluding hydrogens is 304 g/mol. The molecule has 2 aromatic rings. The van der Waals surface area contributed by atoms with Gasteiger partial charge in [0.25, 0.3) is 5.91 Å². The number of carbonyl (C=O) groups excluding carboxylic acids is 1. The maximum absolute atomic E-state index is 12.9. The topological polar surface area (TPSA) is 46.3 Å². The average Bonchev–Trinajstić information content (AvgIpc) is 2.75. The van der Waals surface area contributed by atoms with Crippen molar-refractivity contribution in [2.24, 2.45) is 0 Å². The van der Waals surface area contributed by atoms with Crippen LogP contribution in [0, 0.1) is 0 Å². The molecule has 5 heteroatoms. The minimum absolute atomic E-state index is 0.0597. The van der Waals surface area contributed by atoms with Gasteiger partial charge in [-0.2, -0.15) is 0 Å². The first-order valence-corrected chi connectivity index (χ1v) is 8.48. The average molecular weight is 323 g/mol. The molecular formula is C16H19ClN2OS. The summed E-state index contributed by atoms with van der Waals surface area (Å²) in [6.45, 7) is 4.24. The van der Waals surface area contributed by atoms with E-state index in [9.17, 15) is 4.79 Å². The van der Waals surface area contributed by atoms with Gasteiger partial charge in [0.05, 0.1) is 5.69 Å². The van der Waals surface area contributed by atoms with E-state index in [4.69, 9.17) is 17.3 Å². The third-order valence-corrected chi connectivity index (χ3v) is 5.70. The maximum atomic E-state index is 12.9. The van der Waals surface area contributed by atoms with Crippen molar-refractivity contribution in [2.75, 3.05) is 5.73 Å². The SMILES string of the molecule is C[C@@H]1CCC[C@H](C)N1C(=O)c1sc2cc(Cl)ccc2c1N. The number of hydrogen-bond donors (Lipinski definition) is 1. The highest BCUT2D eigenvalue weighted by Gasteiger charge is 2.31. The Labute approximate surface area is 133 Å². The molecule has 1 saturated heterocycles. The van der Waals surface area contributed by atoms with Crippen LogP contribution in [0.1, 0.15) is 42.8 Å². The molecule has 0 unspecified atom stereocenters. The zero-order chi connectivity index (χ0) is 15.1. The number of rotatable bonds is 1. The number of halogens is 1. The Kier molecular flexibility index (Phi) is 3.84. The van der Waals surface area contributed by atoms with E-state index in [1.54, 1.807) is 0 Å². The summed E-state index contributed by atoms with van der Waals surface area (Å²) < 4.78 is 0.973. The lowest BCUT2D eigenvalue weighted by molar-refractivity contribution is 0.0517. The molecule has 3 rings (SSSR count). The van der Waals surface area contributed by atoms with Gasteiger partial charge >= 0.3 is 0 Å². The van der Waals surface area contributed by atoms with E-state index in [0.717, 1.165) is 22.9 Å². The number of hydrogen-bond acceptors (Lipinski definition) is 3. The molecule has 0 saturated carbocycles. The van der Waals surface area contributed by atoms with Crippen molar-refractivity contribution >= 4 is 44.6 Å². The van der Waals surface area contributed by atoms with Crippen LogP contribution in [-0.4, -0.2) is 22.9 Å². The first-order chi connectivity index (χ1) is 9.99. The molecule has 1 amide bonds. The van der Waals surface area contributed by atoms with Gasteiger partial charge in [0, 0.05) is 27.2 Å². The van der Waals surface area contributed by atoms with Crippen LogP contribution in [0.5, 0.6) is 0 Å². The van der Waals surface area contributed by atoms with Gasteiger partial charge in [-0.25, -0.2) is 0 Å². The highest BCUT2D eigenvalue weighted by Crippen LogP contribution is 2.37. The molecule has 1 aliphatic rings. The van der Waals surface area contributed by atoms with Crippen LogP contribution in [0.4, 0.5) is 5.69 Å². The lowest BCUT2D eigenvalue weighted by Gasteiger charge is -2.38. The zero-order valence-corrected chi connectivity index (χ0v) is 13.8. The standard InChI is InChI=1S/C16H19ClN2OS/c1-9-4-3-5-10(2)19(9)16(20)15-14(18)12-7-6-11(17)8-13(12)21-15/h6-10H,3-5,18H2,1-2H3/t9-,10+. The Morgan fingerprint density at radius 2 is 2.00 bits per heavy atom. The summed E-state index contributed by atoms with van der Waals surface area (Å²) in [4.78, 5) is 15.6. The summed E-state index contributed by atoms with van der Waals surface area (Å²) in [6.07, 6.45) is 3.31. The zero-order valence-electron chi connectivity index (χ0n) is 12.2. The van der Waals surface area contributed by atoms with Crippen molar-refractivity contribution in [1.82, 2.24) is 4.90 Å². The number of anilines is 1. The number of carbonyl (C=O) groups is 1. The third-order valence-electron chi connectivity index (χ3n) is 4.31. The van der Waals surface area contributed by atoms with E-state index in [-0.39, 0.29) is 18.0 Å². The predicted octanol–water partition coefficient (Wildman–Crippen LogP) is 4.54. The second-order valence-electron chi connectivity index (χ2n) is 5.83. The summed E-state index contributed by atoms with van der Waals surface area (Å²) in [5.74, 6) is 0.0597. The van der Waals surface area contributed by atoms with Crippen molar-refractivity contribution < 1.29 is 4.79 Å². The van der Waals surface area contributed by atoms with E-state index in [0.29, 0.717) is 15.6 Å². The van der Waals surface area contributed by atoms with E-state index in [2.05, 4.69) is 13.8 Å². The second kappa shape index (κ2) is 5.50. The Balaban J connectivity index is 2.03. The molecule has 0 aliphatic carbocycles. The van der Waals surface area contributed by atoms with Crippen LogP contribution in [-0.2, 0) is 0 Å². The number of nitrogens with two attached hydrogens (primary N) is 1. The number of piperidine rings is 1. The van der Waals surface area contributed by atoms with Crippen LogP contribution < -0.4 is 5.73 Å². The molecule has 1 fully saturated rings. The summed E-state index contributed by atoms with van der Waals surface area (Å²) in [6, 6.07) is 6.12. The molecule has 0 spiro atoms. The Morgan fingerprint density at radius 1 is 1.33 bits per heavy atom. The molecule has 21 heavy (non-hydrogen) atoms. The number of nitrogens with zero attached hydrogens (tertiary/aromatic N) is 1. The van der Waals surface area contributed by atoms with Gasteiger partial charge in [-0.15, -0.1) is 11.3 Å². The molecule has 2 N–H and O–H groups in total. The summed E-state index contributed by atoms with van der Waals surface area (Å²) in [5, 5.41) is 1.59. The smallest absolute Gasteiger partial charge is 0.266 e. The first-order valence-electron chi connectivity index (χ1n) is 7.29. The molecule has 0 bridgehead atoms. The van der Waals surface area contributed by atoms with Crippen molar-refractivity contribution in [3.63, 3.8) is 0 Å². The van der Waals surface area contributed by atoms with Crippen LogP contribution in [0.25, 0.3) is 10.1 Å². The fraction of sp³-hybridized carbons (Fsp3) is 0.438. The third kappa shape index (κ3) is 2.51. The van der Waals surface area contributed by atoms with E-state index in [1.165, 1.54) is 17.8 Å². The lowest BCUT2D eigenvalue weighted by Crippen LogP contribution is -2.47. The molecule has 2 atom stereocenters. The normalized spacial score (nSPS) is 22.7. The predicted molar refractivity (Wildman–Crippen MR) is 90.2 cm³/mol. The number of benzene rings is 1. The largest absolute Gasteiger partial charge is 0.397 e. The summed E-state index contributed by atoms with van der Waals surface area (Å²) in [7, 11) is 0. The monoisotopic (exact) mass is 322 g/mol. The fourth-order valence-electron chi connectivity index (χ4n) is 3.19. The van der Waals surface area contributed by atoms with E-state index in [1.807, 2.05) is 23.1 Å². The molecule has 1 aromatic carbocycles. The van der Waals surface area contributed by atoms with E-state index >= 15 is 0 Å². The summed E-state index contributed by atoms with van der Waals surface area (Å²) in [5.41, 5.74) is 6.79. The molecule has 1 aliphatic heterocycles. The highest BCUT2D eigenvalue weighted by molar-refractivity contribution is 7.21. The molecule has 3 nitrogen and oxygen atoms in total. The second-order valence-corrected chi connectivity index (χ2v) is 7.32. The Hall–Kier alpha value is -1.26. The van der Waals surface area contributed by atoms with Gasteiger partial charge in [-0.3, -0.25) is 4.79 Å². The van der Waals surface area contributed by atoms with Gasteiger partial charge in [0.1, 0.15) is 4.88 Å². The van der Waals surface area contributed by atoms with Gasteiger partial charge in [-0.05, 0) is 51.3 Å². The van der Waals surface area contributed by atoms with Crippen LogP contribution in [0.3, 0.4) is 0 Å². The van der Waals surface area contributed by atoms with Crippen molar-refractivity contribution in [1.29, 1.82) is 0 Å². The Morgan fingerprint density at radius 3 is 2.67 bits per heavy atom. The summed E-state index contributed by atoms with van der Waals surface area (Å²) >= 11 is 7.47. The number of amides is 1. The van der Waals surface area contributed by atoms with Gasteiger partial charge in [0.2, 0.25) is 0 Å². The minimum atomic E-state index is 0.0597. The molecule has 2 heterocycles. The molecule has 112 valence electrons.